The molecule has 0 radical (unpaired) electrons. The highest BCUT2D eigenvalue weighted by Gasteiger charge is 1.99. The lowest BCUT2D eigenvalue weighted by molar-refractivity contribution is 1.11. The van der Waals surface area contributed by atoms with Crippen LogP contribution in [0.15, 0.2) is 28.3 Å². The Labute approximate surface area is 105 Å². The second-order valence-corrected chi connectivity index (χ2v) is 5.72. The maximum atomic E-state index is 5.71. The highest BCUT2D eigenvalue weighted by molar-refractivity contribution is 9.11. The van der Waals surface area contributed by atoms with Crippen LogP contribution in [0.4, 0.5) is 5.82 Å². The summed E-state index contributed by atoms with van der Waals surface area (Å²) in [6.07, 6.45) is 3.16. The predicted molar refractivity (Wildman–Crippen MR) is 66.4 cm³/mol. The second kappa shape index (κ2) is 4.92. The average Bonchev–Trinajstić information content (AvgIpc) is 2.62. The molecule has 0 spiro atoms. The van der Waals surface area contributed by atoms with Gasteiger partial charge in [-0.1, -0.05) is 11.6 Å². The Morgan fingerprint density at radius 2 is 2.27 bits per heavy atom. The van der Waals surface area contributed by atoms with Gasteiger partial charge in [-0.05, 0) is 28.1 Å². The van der Waals surface area contributed by atoms with E-state index in [1.807, 2.05) is 6.07 Å². The zero-order chi connectivity index (χ0) is 10.7. The van der Waals surface area contributed by atoms with Crippen molar-refractivity contribution < 1.29 is 0 Å². The van der Waals surface area contributed by atoms with Crippen molar-refractivity contribution >= 4 is 44.7 Å². The molecular formula is C9H7BrClN3S. The number of nitrogens with one attached hydrogen (secondary N) is 1. The van der Waals surface area contributed by atoms with Gasteiger partial charge in [-0.15, -0.1) is 11.3 Å². The van der Waals surface area contributed by atoms with Crippen LogP contribution in [0.25, 0.3) is 0 Å². The van der Waals surface area contributed by atoms with Gasteiger partial charge in [0.15, 0.2) is 0 Å². The maximum Gasteiger partial charge on any atom is 0.149 e. The van der Waals surface area contributed by atoms with Gasteiger partial charge in [0, 0.05) is 4.88 Å². The van der Waals surface area contributed by atoms with E-state index >= 15 is 0 Å². The van der Waals surface area contributed by atoms with E-state index in [1.165, 1.54) is 11.1 Å². The highest BCUT2D eigenvalue weighted by Crippen LogP contribution is 2.22. The third kappa shape index (κ3) is 3.15. The molecule has 0 aliphatic heterocycles. The zero-order valence-corrected chi connectivity index (χ0v) is 10.7. The molecule has 1 N–H and O–H groups in total. The van der Waals surface area contributed by atoms with Crippen LogP contribution in [0.2, 0.25) is 5.15 Å². The number of nitrogens with zero attached hydrogens (tertiary/aromatic N) is 2. The standard InChI is InChI=1S/C9H7BrClN3S/c10-7-2-1-6(15-7)3-13-9-5-12-4-8(11)14-9/h1-2,4-5H,3H2,(H,13,14). The van der Waals surface area contributed by atoms with E-state index in [-0.39, 0.29) is 0 Å². The van der Waals surface area contributed by atoms with Gasteiger partial charge in [0.25, 0.3) is 0 Å². The molecule has 0 amide bonds. The van der Waals surface area contributed by atoms with Gasteiger partial charge in [0.2, 0.25) is 0 Å². The molecule has 0 fully saturated rings. The van der Waals surface area contributed by atoms with Crippen LogP contribution in [0.5, 0.6) is 0 Å². The van der Waals surface area contributed by atoms with Gasteiger partial charge >= 0.3 is 0 Å². The third-order valence-corrected chi connectivity index (χ3v) is 3.48. The molecule has 78 valence electrons. The average molecular weight is 305 g/mol. The Kier molecular flexibility index (Phi) is 3.56. The Morgan fingerprint density at radius 1 is 1.40 bits per heavy atom. The molecule has 0 aliphatic rings. The van der Waals surface area contributed by atoms with E-state index < -0.39 is 0 Å². The smallest absolute Gasteiger partial charge is 0.149 e. The molecule has 2 rings (SSSR count). The summed E-state index contributed by atoms with van der Waals surface area (Å²) in [6.45, 7) is 0.727. The molecule has 2 heterocycles. The number of thiophene rings is 1. The molecule has 6 heteroatoms. The van der Waals surface area contributed by atoms with Crippen LogP contribution in [0.1, 0.15) is 4.88 Å². The predicted octanol–water partition coefficient (Wildman–Crippen LogP) is 3.57. The van der Waals surface area contributed by atoms with Gasteiger partial charge in [-0.3, -0.25) is 4.98 Å². The lowest BCUT2D eigenvalue weighted by Crippen LogP contribution is -2.00. The van der Waals surface area contributed by atoms with E-state index in [1.54, 1.807) is 17.5 Å². The lowest BCUT2D eigenvalue weighted by atomic mass is 10.4. The van der Waals surface area contributed by atoms with E-state index in [2.05, 4.69) is 37.3 Å². The summed E-state index contributed by atoms with van der Waals surface area (Å²) in [6, 6.07) is 4.07. The molecule has 0 saturated heterocycles. The van der Waals surface area contributed by atoms with Gasteiger partial charge in [0.1, 0.15) is 11.0 Å². The number of anilines is 1. The van der Waals surface area contributed by atoms with Gasteiger partial charge < -0.3 is 5.32 Å². The van der Waals surface area contributed by atoms with E-state index in [4.69, 9.17) is 11.6 Å². The second-order valence-electron chi connectivity index (χ2n) is 2.79. The lowest BCUT2D eigenvalue weighted by Gasteiger charge is -2.02. The summed E-state index contributed by atoms with van der Waals surface area (Å²) in [7, 11) is 0. The van der Waals surface area contributed by atoms with Gasteiger partial charge in [-0.25, -0.2) is 4.98 Å². The summed E-state index contributed by atoms with van der Waals surface area (Å²) < 4.78 is 1.12. The monoisotopic (exact) mass is 303 g/mol. The number of halogens is 2. The van der Waals surface area contributed by atoms with E-state index in [9.17, 15) is 0 Å². The Morgan fingerprint density at radius 3 is 2.93 bits per heavy atom. The quantitative estimate of drug-likeness (QED) is 0.942. The molecular weight excluding hydrogens is 298 g/mol. The summed E-state index contributed by atoms with van der Waals surface area (Å²) in [5, 5.41) is 3.54. The van der Waals surface area contributed by atoms with Crippen LogP contribution >= 0.6 is 38.9 Å². The van der Waals surface area contributed by atoms with Crippen LogP contribution in [0.3, 0.4) is 0 Å². The first-order valence-electron chi connectivity index (χ1n) is 4.19. The van der Waals surface area contributed by atoms with Crippen LogP contribution in [0, 0.1) is 0 Å². The first-order valence-corrected chi connectivity index (χ1v) is 6.18. The van der Waals surface area contributed by atoms with Crippen LogP contribution < -0.4 is 5.32 Å². The Hall–Kier alpha value is -0.650. The minimum absolute atomic E-state index is 0.396. The van der Waals surface area contributed by atoms with Crippen molar-refractivity contribution in [2.75, 3.05) is 5.32 Å². The number of aromatic nitrogens is 2. The minimum atomic E-state index is 0.396. The van der Waals surface area contributed by atoms with Crippen molar-refractivity contribution in [2.24, 2.45) is 0 Å². The van der Waals surface area contributed by atoms with Crippen molar-refractivity contribution in [3.8, 4) is 0 Å². The van der Waals surface area contributed by atoms with Gasteiger partial charge in [-0.2, -0.15) is 0 Å². The van der Waals surface area contributed by atoms with Crippen molar-refractivity contribution in [3.63, 3.8) is 0 Å². The summed E-state index contributed by atoms with van der Waals surface area (Å²) >= 11 is 10.8. The van der Waals surface area contributed by atoms with Gasteiger partial charge in [0.05, 0.1) is 22.7 Å². The fourth-order valence-corrected chi connectivity index (χ4v) is 2.62. The minimum Gasteiger partial charge on any atom is -0.364 e. The third-order valence-electron chi connectivity index (χ3n) is 1.68. The molecule has 0 aliphatic carbocycles. The molecule has 3 nitrogen and oxygen atoms in total. The first-order chi connectivity index (χ1) is 7.24. The van der Waals surface area contributed by atoms with Crippen molar-refractivity contribution in [3.05, 3.63) is 38.3 Å². The largest absolute Gasteiger partial charge is 0.364 e. The van der Waals surface area contributed by atoms with Crippen molar-refractivity contribution in [1.82, 2.24) is 9.97 Å². The summed E-state index contributed by atoms with van der Waals surface area (Å²) in [4.78, 5) is 9.24. The Balaban J connectivity index is 1.99. The SMILES string of the molecule is Clc1cncc(NCc2ccc(Br)s2)n1. The molecule has 2 aromatic heterocycles. The van der Waals surface area contributed by atoms with Crippen molar-refractivity contribution in [1.29, 1.82) is 0 Å². The molecule has 0 unspecified atom stereocenters. The van der Waals surface area contributed by atoms with Crippen molar-refractivity contribution in [2.45, 2.75) is 6.54 Å². The topological polar surface area (TPSA) is 37.8 Å². The summed E-state index contributed by atoms with van der Waals surface area (Å²) in [5.41, 5.74) is 0. The Bertz CT molecular complexity index is 460. The fourth-order valence-electron chi connectivity index (χ4n) is 1.05. The van der Waals surface area contributed by atoms with Crippen LogP contribution in [-0.4, -0.2) is 9.97 Å². The fraction of sp³-hybridized carbons (Fsp3) is 0.111. The maximum absolute atomic E-state index is 5.71. The van der Waals surface area contributed by atoms with E-state index in [0.717, 1.165) is 10.3 Å². The molecule has 0 aromatic carbocycles. The normalized spacial score (nSPS) is 10.3. The molecule has 15 heavy (non-hydrogen) atoms. The zero-order valence-electron chi connectivity index (χ0n) is 7.58. The number of rotatable bonds is 3. The molecule has 0 atom stereocenters. The van der Waals surface area contributed by atoms with E-state index in [0.29, 0.717) is 11.0 Å². The first kappa shape index (κ1) is 10.9. The molecule has 0 bridgehead atoms. The molecule has 0 saturated carbocycles. The van der Waals surface area contributed by atoms with Crippen LogP contribution in [-0.2, 0) is 6.54 Å². The number of hydrogen-bond donors (Lipinski definition) is 1. The number of hydrogen-bond acceptors (Lipinski definition) is 4. The highest BCUT2D eigenvalue weighted by atomic mass is 79.9. The summed E-state index contributed by atoms with van der Waals surface area (Å²) in [5.74, 6) is 0.687. The molecule has 2 aromatic rings.